The summed E-state index contributed by atoms with van der Waals surface area (Å²) in [6.07, 6.45) is 3.69. The first kappa shape index (κ1) is 17.7. The predicted molar refractivity (Wildman–Crippen MR) is 102 cm³/mol. The number of nitrogens with one attached hydrogen (secondary N) is 2. The van der Waals surface area contributed by atoms with Gasteiger partial charge in [-0.15, -0.1) is 0 Å². The van der Waals surface area contributed by atoms with Crippen molar-refractivity contribution in [2.75, 3.05) is 6.61 Å². The number of hydrogen-bond acceptors (Lipinski definition) is 3. The summed E-state index contributed by atoms with van der Waals surface area (Å²) in [5.74, 6) is 0.674. The minimum Gasteiger partial charge on any atom is -0.494 e. The number of carbonyl (C=O) groups excluding carboxylic acids is 1. The smallest absolute Gasteiger partial charge is 0.255 e. The zero-order chi connectivity index (χ0) is 18.2. The molecule has 5 heteroatoms. The summed E-state index contributed by atoms with van der Waals surface area (Å²) in [4.78, 5) is 12.6. The van der Waals surface area contributed by atoms with Gasteiger partial charge in [-0.2, -0.15) is 5.10 Å². The largest absolute Gasteiger partial charge is 0.494 e. The Balaban J connectivity index is 1.63. The van der Waals surface area contributed by atoms with Gasteiger partial charge in [-0.3, -0.25) is 9.89 Å². The molecule has 0 spiro atoms. The van der Waals surface area contributed by atoms with Crippen molar-refractivity contribution in [3.05, 3.63) is 71.9 Å². The van der Waals surface area contributed by atoms with E-state index >= 15 is 0 Å². The highest BCUT2D eigenvalue weighted by Gasteiger charge is 2.14. The number of hydrogen-bond donors (Lipinski definition) is 2. The lowest BCUT2D eigenvalue weighted by Gasteiger charge is -2.09. The molecule has 134 valence electrons. The van der Waals surface area contributed by atoms with Crippen LogP contribution < -0.4 is 10.1 Å². The van der Waals surface area contributed by atoms with Gasteiger partial charge < -0.3 is 10.1 Å². The number of carbonyl (C=O) groups is 1. The maximum atomic E-state index is 12.6. The first-order valence-corrected chi connectivity index (χ1v) is 8.86. The molecule has 26 heavy (non-hydrogen) atoms. The van der Waals surface area contributed by atoms with Crippen molar-refractivity contribution in [3.8, 4) is 17.0 Å². The van der Waals surface area contributed by atoms with Crippen molar-refractivity contribution in [1.29, 1.82) is 0 Å². The normalized spacial score (nSPS) is 10.5. The van der Waals surface area contributed by atoms with E-state index in [-0.39, 0.29) is 5.91 Å². The van der Waals surface area contributed by atoms with E-state index in [0.29, 0.717) is 18.7 Å². The molecule has 3 aromatic rings. The fraction of sp³-hybridized carbons (Fsp3) is 0.238. The van der Waals surface area contributed by atoms with E-state index in [2.05, 4.69) is 22.4 Å². The van der Waals surface area contributed by atoms with Gasteiger partial charge in [0.1, 0.15) is 5.75 Å². The summed E-state index contributed by atoms with van der Waals surface area (Å²) in [6.45, 7) is 3.28. The third kappa shape index (κ3) is 4.51. The molecule has 0 aliphatic rings. The second-order valence-corrected chi connectivity index (χ2v) is 6.06. The minimum atomic E-state index is -0.157. The summed E-state index contributed by atoms with van der Waals surface area (Å²) >= 11 is 0. The Labute approximate surface area is 153 Å². The van der Waals surface area contributed by atoms with E-state index in [1.807, 2.05) is 54.6 Å². The molecule has 1 heterocycles. The van der Waals surface area contributed by atoms with Gasteiger partial charge in [0.05, 0.1) is 24.1 Å². The third-order valence-electron chi connectivity index (χ3n) is 4.06. The number of rotatable bonds is 8. The van der Waals surface area contributed by atoms with E-state index in [9.17, 15) is 4.79 Å². The van der Waals surface area contributed by atoms with Crippen LogP contribution in [0.5, 0.6) is 5.75 Å². The molecule has 2 N–H and O–H groups in total. The van der Waals surface area contributed by atoms with Crippen LogP contribution in [-0.4, -0.2) is 22.7 Å². The number of benzene rings is 2. The maximum Gasteiger partial charge on any atom is 0.255 e. The SMILES string of the molecule is CCCCOc1cccc(CNC(=O)c2cn[nH]c2-c2ccccc2)c1. The summed E-state index contributed by atoms with van der Waals surface area (Å²) in [5, 5.41) is 9.88. The van der Waals surface area contributed by atoms with Gasteiger partial charge in [-0.1, -0.05) is 55.8 Å². The Morgan fingerprint density at radius 1 is 1.15 bits per heavy atom. The monoisotopic (exact) mass is 349 g/mol. The molecule has 5 nitrogen and oxygen atoms in total. The van der Waals surface area contributed by atoms with Crippen LogP contribution in [-0.2, 0) is 6.54 Å². The minimum absolute atomic E-state index is 0.157. The molecule has 2 aromatic carbocycles. The molecule has 0 aliphatic heterocycles. The van der Waals surface area contributed by atoms with Crippen molar-refractivity contribution in [2.24, 2.45) is 0 Å². The molecule has 1 aromatic heterocycles. The lowest BCUT2D eigenvalue weighted by atomic mass is 10.1. The summed E-state index contributed by atoms with van der Waals surface area (Å²) in [5.41, 5.74) is 3.19. The van der Waals surface area contributed by atoms with Gasteiger partial charge in [0.2, 0.25) is 0 Å². The standard InChI is InChI=1S/C21H23N3O2/c1-2-3-12-26-18-11-7-8-16(13-18)14-22-21(25)19-15-23-24-20(19)17-9-5-4-6-10-17/h4-11,13,15H,2-3,12,14H2,1H3,(H,22,25)(H,23,24). The zero-order valence-electron chi connectivity index (χ0n) is 14.9. The number of H-pyrrole nitrogens is 1. The van der Waals surface area contributed by atoms with Crippen molar-refractivity contribution < 1.29 is 9.53 Å². The highest BCUT2D eigenvalue weighted by Crippen LogP contribution is 2.20. The van der Waals surface area contributed by atoms with Crippen LogP contribution in [0.4, 0.5) is 0 Å². The number of unbranched alkanes of at least 4 members (excludes halogenated alkanes) is 1. The van der Waals surface area contributed by atoms with Gasteiger partial charge in [0.15, 0.2) is 0 Å². The molecule has 0 saturated heterocycles. The molecule has 0 saturated carbocycles. The first-order valence-electron chi connectivity index (χ1n) is 8.86. The second kappa shape index (κ2) is 8.85. The Kier molecular flexibility index (Phi) is 6.04. The summed E-state index contributed by atoms with van der Waals surface area (Å²) in [6, 6.07) is 17.5. The predicted octanol–water partition coefficient (Wildman–Crippen LogP) is 4.19. The molecule has 3 rings (SSSR count). The van der Waals surface area contributed by atoms with E-state index in [1.165, 1.54) is 0 Å². The van der Waals surface area contributed by atoms with Crippen molar-refractivity contribution >= 4 is 5.91 Å². The Morgan fingerprint density at radius 2 is 2.00 bits per heavy atom. The molecule has 1 amide bonds. The number of nitrogens with zero attached hydrogens (tertiary/aromatic N) is 1. The fourth-order valence-corrected chi connectivity index (χ4v) is 2.64. The van der Waals surface area contributed by atoms with Gasteiger partial charge in [0.25, 0.3) is 5.91 Å². The van der Waals surface area contributed by atoms with Crippen LogP contribution in [0.2, 0.25) is 0 Å². The summed E-state index contributed by atoms with van der Waals surface area (Å²) in [7, 11) is 0. The van der Waals surface area contributed by atoms with E-state index in [1.54, 1.807) is 6.20 Å². The topological polar surface area (TPSA) is 67.0 Å². The molecule has 0 radical (unpaired) electrons. The van der Waals surface area contributed by atoms with Crippen molar-refractivity contribution in [3.63, 3.8) is 0 Å². The Hall–Kier alpha value is -3.08. The van der Waals surface area contributed by atoms with Crippen LogP contribution in [0.15, 0.2) is 60.8 Å². The number of ether oxygens (including phenoxy) is 1. The van der Waals surface area contributed by atoms with Crippen LogP contribution >= 0.6 is 0 Å². The van der Waals surface area contributed by atoms with Gasteiger partial charge >= 0.3 is 0 Å². The number of aromatic amines is 1. The van der Waals surface area contributed by atoms with Gasteiger partial charge in [-0.25, -0.2) is 0 Å². The molecule has 0 fully saturated rings. The number of amides is 1. The van der Waals surface area contributed by atoms with Gasteiger partial charge in [-0.05, 0) is 24.1 Å². The Bertz CT molecular complexity index is 843. The summed E-state index contributed by atoms with van der Waals surface area (Å²) < 4.78 is 5.72. The average molecular weight is 349 g/mol. The van der Waals surface area contributed by atoms with Crippen LogP contribution in [0, 0.1) is 0 Å². The fourth-order valence-electron chi connectivity index (χ4n) is 2.64. The lowest BCUT2D eigenvalue weighted by Crippen LogP contribution is -2.23. The van der Waals surface area contributed by atoms with Crippen LogP contribution in [0.3, 0.4) is 0 Å². The van der Waals surface area contributed by atoms with Gasteiger partial charge in [0, 0.05) is 12.1 Å². The quantitative estimate of drug-likeness (QED) is 0.599. The second-order valence-electron chi connectivity index (χ2n) is 6.06. The van der Waals surface area contributed by atoms with E-state index < -0.39 is 0 Å². The van der Waals surface area contributed by atoms with Crippen molar-refractivity contribution in [1.82, 2.24) is 15.5 Å². The molecule has 0 bridgehead atoms. The first-order chi connectivity index (χ1) is 12.8. The van der Waals surface area contributed by atoms with Crippen LogP contribution in [0.25, 0.3) is 11.3 Å². The Morgan fingerprint density at radius 3 is 2.81 bits per heavy atom. The molecule has 0 unspecified atom stereocenters. The highest BCUT2D eigenvalue weighted by atomic mass is 16.5. The third-order valence-corrected chi connectivity index (χ3v) is 4.06. The molecular weight excluding hydrogens is 326 g/mol. The average Bonchev–Trinajstić information content (AvgIpc) is 3.17. The van der Waals surface area contributed by atoms with E-state index in [4.69, 9.17) is 4.74 Å². The number of aromatic nitrogens is 2. The molecular formula is C21H23N3O2. The zero-order valence-corrected chi connectivity index (χ0v) is 14.9. The molecule has 0 atom stereocenters. The lowest BCUT2D eigenvalue weighted by molar-refractivity contribution is 0.0951. The molecule has 0 aliphatic carbocycles. The highest BCUT2D eigenvalue weighted by molar-refractivity contribution is 5.99. The maximum absolute atomic E-state index is 12.6. The van der Waals surface area contributed by atoms with Crippen LogP contribution in [0.1, 0.15) is 35.7 Å². The van der Waals surface area contributed by atoms with Crippen molar-refractivity contribution in [2.45, 2.75) is 26.3 Å². The van der Waals surface area contributed by atoms with E-state index in [0.717, 1.165) is 35.4 Å².